The van der Waals surface area contributed by atoms with Crippen LogP contribution >= 0.6 is 0 Å². The Morgan fingerprint density at radius 2 is 1.49 bits per heavy atom. The molecular formula is C37H35NO7. The highest BCUT2D eigenvalue weighted by Crippen LogP contribution is 2.29. The average molecular weight is 606 g/mol. The predicted molar refractivity (Wildman–Crippen MR) is 171 cm³/mol. The Balaban J connectivity index is 1.30. The Kier molecular flexibility index (Phi) is 10.5. The second-order valence-corrected chi connectivity index (χ2v) is 10.1. The lowest BCUT2D eigenvalue weighted by molar-refractivity contribution is -0.143. The minimum absolute atomic E-state index is 0.0459. The monoisotopic (exact) mass is 605 g/mol. The summed E-state index contributed by atoms with van der Waals surface area (Å²) in [5, 5.41) is 0. The van der Waals surface area contributed by atoms with Crippen molar-refractivity contribution in [2.45, 2.75) is 26.6 Å². The first-order chi connectivity index (χ1) is 22.0. The van der Waals surface area contributed by atoms with Gasteiger partial charge in [-0.2, -0.15) is 0 Å². The number of methoxy groups -OCH3 is 2. The molecule has 0 aliphatic carbocycles. The summed E-state index contributed by atoms with van der Waals surface area (Å²) in [4.78, 5) is 17.5. The summed E-state index contributed by atoms with van der Waals surface area (Å²) in [6, 6.07) is 32.3. The molecule has 0 aliphatic rings. The van der Waals surface area contributed by atoms with Crippen molar-refractivity contribution in [3.8, 4) is 28.7 Å². The molecule has 0 amide bonds. The van der Waals surface area contributed by atoms with Crippen molar-refractivity contribution in [1.29, 1.82) is 0 Å². The molecule has 0 fully saturated rings. The van der Waals surface area contributed by atoms with E-state index in [0.29, 0.717) is 36.0 Å². The van der Waals surface area contributed by atoms with Gasteiger partial charge in [-0.25, -0.2) is 9.78 Å². The molecule has 4 aromatic carbocycles. The van der Waals surface area contributed by atoms with Crippen LogP contribution in [0.3, 0.4) is 0 Å². The van der Waals surface area contributed by atoms with Gasteiger partial charge >= 0.3 is 5.97 Å². The molecule has 1 heterocycles. The predicted octanol–water partition coefficient (Wildman–Crippen LogP) is 7.59. The quantitative estimate of drug-likeness (QED) is 0.0727. The third-order valence-electron chi connectivity index (χ3n) is 6.98. The third-order valence-corrected chi connectivity index (χ3v) is 6.98. The van der Waals surface area contributed by atoms with E-state index in [9.17, 15) is 4.79 Å². The van der Waals surface area contributed by atoms with Crippen LogP contribution in [0.25, 0.3) is 17.5 Å². The molecule has 8 nitrogen and oxygen atoms in total. The molecule has 0 unspecified atom stereocenters. The van der Waals surface area contributed by atoms with Crippen LogP contribution in [0.4, 0.5) is 0 Å². The number of nitrogens with zero attached hydrogens (tertiary/aromatic N) is 1. The maximum absolute atomic E-state index is 12.9. The lowest BCUT2D eigenvalue weighted by atomic mass is 10.1. The molecule has 0 spiro atoms. The van der Waals surface area contributed by atoms with Crippen molar-refractivity contribution in [3.05, 3.63) is 137 Å². The number of oxazole rings is 1. The number of hydrogen-bond acceptors (Lipinski definition) is 8. The van der Waals surface area contributed by atoms with Crippen molar-refractivity contribution in [1.82, 2.24) is 4.98 Å². The SMILES string of the molecule is CO/C(=C\c1ccc(OCCc2nc(-c3ccccc3)oc2C)cc1OCc1ccc(OC)cc1)C(=O)OCc1ccccc1. The summed E-state index contributed by atoms with van der Waals surface area (Å²) in [5.41, 5.74) is 4.22. The lowest BCUT2D eigenvalue weighted by Crippen LogP contribution is -2.09. The van der Waals surface area contributed by atoms with Gasteiger partial charge in [-0.1, -0.05) is 60.7 Å². The van der Waals surface area contributed by atoms with Crippen LogP contribution in [-0.2, 0) is 33.9 Å². The largest absolute Gasteiger partial charge is 0.497 e. The first-order valence-electron chi connectivity index (χ1n) is 14.5. The molecule has 0 N–H and O–H groups in total. The Morgan fingerprint density at radius 1 is 0.800 bits per heavy atom. The van der Waals surface area contributed by atoms with Crippen LogP contribution in [0.5, 0.6) is 17.2 Å². The lowest BCUT2D eigenvalue weighted by Gasteiger charge is -2.14. The molecule has 8 heteroatoms. The molecule has 0 radical (unpaired) electrons. The van der Waals surface area contributed by atoms with E-state index in [1.807, 2.05) is 104 Å². The number of carbonyl (C=O) groups is 1. The van der Waals surface area contributed by atoms with Gasteiger partial charge in [0.25, 0.3) is 0 Å². The van der Waals surface area contributed by atoms with E-state index in [4.69, 9.17) is 28.1 Å². The zero-order valence-electron chi connectivity index (χ0n) is 25.5. The van der Waals surface area contributed by atoms with Gasteiger partial charge in [0.1, 0.15) is 36.2 Å². The summed E-state index contributed by atoms with van der Waals surface area (Å²) in [7, 11) is 3.06. The van der Waals surface area contributed by atoms with Gasteiger partial charge < -0.3 is 28.1 Å². The summed E-state index contributed by atoms with van der Waals surface area (Å²) in [5.74, 6) is 2.68. The first-order valence-corrected chi connectivity index (χ1v) is 14.5. The number of carbonyl (C=O) groups excluding carboxylic acids is 1. The summed E-state index contributed by atoms with van der Waals surface area (Å²) in [6.45, 7) is 2.70. The maximum Gasteiger partial charge on any atom is 0.373 e. The van der Waals surface area contributed by atoms with Gasteiger partial charge in [-0.05, 0) is 60.5 Å². The zero-order valence-corrected chi connectivity index (χ0v) is 25.5. The van der Waals surface area contributed by atoms with E-state index >= 15 is 0 Å². The Morgan fingerprint density at radius 3 is 2.20 bits per heavy atom. The molecule has 0 aliphatic heterocycles. The topological polar surface area (TPSA) is 89.3 Å². The molecular weight excluding hydrogens is 570 g/mol. The number of rotatable bonds is 14. The second kappa shape index (κ2) is 15.3. The number of aromatic nitrogens is 1. The van der Waals surface area contributed by atoms with Gasteiger partial charge in [0.05, 0.1) is 26.5 Å². The highest BCUT2D eigenvalue weighted by atomic mass is 16.6. The van der Waals surface area contributed by atoms with Gasteiger partial charge in [-0.3, -0.25) is 0 Å². The van der Waals surface area contributed by atoms with Crippen LogP contribution in [0.15, 0.2) is 113 Å². The van der Waals surface area contributed by atoms with Crippen molar-refractivity contribution in [3.63, 3.8) is 0 Å². The van der Waals surface area contributed by atoms with Crippen molar-refractivity contribution in [2.24, 2.45) is 0 Å². The number of ether oxygens (including phenoxy) is 5. The fourth-order valence-corrected chi connectivity index (χ4v) is 4.50. The molecule has 45 heavy (non-hydrogen) atoms. The van der Waals surface area contributed by atoms with Crippen LogP contribution in [-0.4, -0.2) is 31.8 Å². The average Bonchev–Trinajstić information content (AvgIpc) is 3.46. The van der Waals surface area contributed by atoms with E-state index in [-0.39, 0.29) is 19.0 Å². The molecule has 1 aromatic heterocycles. The Bertz CT molecular complexity index is 1710. The summed E-state index contributed by atoms with van der Waals surface area (Å²) in [6.07, 6.45) is 2.16. The molecule has 0 atom stereocenters. The molecule has 0 saturated carbocycles. The van der Waals surface area contributed by atoms with Gasteiger partial charge in [0.15, 0.2) is 0 Å². The van der Waals surface area contributed by atoms with E-state index in [0.717, 1.165) is 33.9 Å². The number of benzene rings is 4. The molecule has 230 valence electrons. The summed E-state index contributed by atoms with van der Waals surface area (Å²) >= 11 is 0. The summed E-state index contributed by atoms with van der Waals surface area (Å²) < 4.78 is 34.4. The van der Waals surface area contributed by atoms with E-state index in [1.54, 1.807) is 19.3 Å². The van der Waals surface area contributed by atoms with Crippen molar-refractivity contribution < 1.29 is 32.9 Å². The van der Waals surface area contributed by atoms with Crippen molar-refractivity contribution in [2.75, 3.05) is 20.8 Å². The molecule has 0 bridgehead atoms. The Hall–Kier alpha value is -5.50. The number of esters is 1. The fraction of sp³-hybridized carbons (Fsp3) is 0.189. The first kappa shape index (κ1) is 30.9. The minimum Gasteiger partial charge on any atom is -0.497 e. The van der Waals surface area contributed by atoms with E-state index in [1.165, 1.54) is 7.11 Å². The molecule has 5 rings (SSSR count). The highest BCUT2D eigenvalue weighted by Gasteiger charge is 2.16. The second-order valence-electron chi connectivity index (χ2n) is 10.1. The van der Waals surface area contributed by atoms with Crippen LogP contribution in [0, 0.1) is 6.92 Å². The number of aryl methyl sites for hydroxylation is 1. The zero-order chi connectivity index (χ0) is 31.4. The van der Waals surface area contributed by atoms with Crippen LogP contribution in [0.2, 0.25) is 0 Å². The van der Waals surface area contributed by atoms with Gasteiger partial charge in [-0.15, -0.1) is 0 Å². The van der Waals surface area contributed by atoms with Crippen LogP contribution < -0.4 is 14.2 Å². The molecule has 0 saturated heterocycles. The standard InChI is InChI=1S/C37H35NO7/c1-26-33(38-36(45-26)29-12-8-5-9-13-29)20-21-42-32-19-16-30(34(23-32)43-24-28-14-17-31(40-2)18-15-28)22-35(41-3)37(39)44-25-27-10-6-4-7-11-27/h4-19,22-23H,20-21,24-25H2,1-3H3/b35-22-. The normalized spacial score (nSPS) is 11.1. The maximum atomic E-state index is 12.9. The fourth-order valence-electron chi connectivity index (χ4n) is 4.50. The van der Waals surface area contributed by atoms with Crippen molar-refractivity contribution >= 4 is 12.0 Å². The van der Waals surface area contributed by atoms with E-state index in [2.05, 4.69) is 4.98 Å². The smallest absolute Gasteiger partial charge is 0.373 e. The van der Waals surface area contributed by atoms with E-state index < -0.39 is 5.97 Å². The van der Waals surface area contributed by atoms with Gasteiger partial charge in [0, 0.05) is 23.6 Å². The number of hydrogen-bond donors (Lipinski definition) is 0. The van der Waals surface area contributed by atoms with Gasteiger partial charge in [0.2, 0.25) is 11.6 Å². The van der Waals surface area contributed by atoms with Crippen LogP contribution in [0.1, 0.15) is 28.1 Å². The Labute approximate surface area is 262 Å². The minimum atomic E-state index is -0.583. The third kappa shape index (κ3) is 8.54. The highest BCUT2D eigenvalue weighted by molar-refractivity contribution is 5.92. The molecule has 5 aromatic rings.